The van der Waals surface area contributed by atoms with E-state index in [1.165, 1.54) is 13.2 Å². The molecule has 0 saturated heterocycles. The number of aromatic carboxylic acids is 1. The molecular weight excluding hydrogens is 298 g/mol. The largest absolute Gasteiger partial charge is 0.496 e. The minimum atomic E-state index is -1.07. The van der Waals surface area contributed by atoms with Gasteiger partial charge >= 0.3 is 12.1 Å². The predicted octanol–water partition coefficient (Wildman–Crippen LogP) is 3.54. The van der Waals surface area contributed by atoms with Crippen LogP contribution in [0, 0.1) is 0 Å². The van der Waals surface area contributed by atoms with Gasteiger partial charge in [-0.1, -0.05) is 6.07 Å². The molecule has 0 aromatic heterocycles. The van der Waals surface area contributed by atoms with Gasteiger partial charge in [-0.15, -0.1) is 0 Å². The number of benzene rings is 1. The van der Waals surface area contributed by atoms with Crippen LogP contribution in [0.3, 0.4) is 0 Å². The summed E-state index contributed by atoms with van der Waals surface area (Å²) in [6.07, 6.45) is -0.430. The molecule has 23 heavy (non-hydrogen) atoms. The van der Waals surface area contributed by atoms with Crippen molar-refractivity contribution in [2.24, 2.45) is 0 Å². The molecule has 0 aliphatic rings. The second-order valence-electron chi connectivity index (χ2n) is 6.54. The van der Waals surface area contributed by atoms with E-state index in [1.54, 1.807) is 37.8 Å². The van der Waals surface area contributed by atoms with E-state index in [4.69, 9.17) is 9.47 Å². The molecule has 1 aromatic carbocycles. The SMILES string of the molecule is COc1ccc(CN(C(=O)OC(C)(C)C)C(C)C)cc1C(=O)O. The lowest BCUT2D eigenvalue weighted by atomic mass is 10.1. The van der Waals surface area contributed by atoms with Crippen molar-refractivity contribution in [3.63, 3.8) is 0 Å². The molecule has 0 atom stereocenters. The highest BCUT2D eigenvalue weighted by molar-refractivity contribution is 5.91. The molecule has 0 spiro atoms. The van der Waals surface area contributed by atoms with E-state index in [0.29, 0.717) is 5.56 Å². The number of rotatable bonds is 5. The number of ether oxygens (including phenoxy) is 2. The number of nitrogens with zero attached hydrogens (tertiary/aromatic N) is 1. The van der Waals surface area contributed by atoms with Gasteiger partial charge in [0.05, 0.1) is 7.11 Å². The van der Waals surface area contributed by atoms with E-state index in [2.05, 4.69) is 0 Å². The molecule has 0 unspecified atom stereocenters. The van der Waals surface area contributed by atoms with Crippen molar-refractivity contribution in [3.8, 4) is 5.75 Å². The molecule has 0 heterocycles. The third-order valence-electron chi connectivity index (χ3n) is 3.10. The van der Waals surface area contributed by atoms with Crippen LogP contribution in [-0.2, 0) is 11.3 Å². The Bertz CT molecular complexity index is 575. The molecule has 0 fully saturated rings. The molecule has 0 aliphatic heterocycles. The summed E-state index contributed by atoms with van der Waals surface area (Å²) >= 11 is 0. The molecule has 6 heteroatoms. The van der Waals surface area contributed by atoms with Gasteiger partial charge in [-0.05, 0) is 52.3 Å². The summed E-state index contributed by atoms with van der Waals surface area (Å²) in [5.41, 5.74) is 0.178. The first-order valence-corrected chi connectivity index (χ1v) is 7.45. The van der Waals surface area contributed by atoms with Gasteiger partial charge in [0.25, 0.3) is 0 Å². The normalized spacial score (nSPS) is 11.3. The summed E-state index contributed by atoms with van der Waals surface area (Å²) in [4.78, 5) is 25.2. The van der Waals surface area contributed by atoms with E-state index in [9.17, 15) is 14.7 Å². The first kappa shape index (κ1) is 18.8. The molecule has 6 nitrogen and oxygen atoms in total. The summed E-state index contributed by atoms with van der Waals surface area (Å²) in [6, 6.07) is 4.76. The Kier molecular flexibility index (Phi) is 6.01. The van der Waals surface area contributed by atoms with Crippen LogP contribution < -0.4 is 4.74 Å². The van der Waals surface area contributed by atoms with E-state index in [-0.39, 0.29) is 23.9 Å². The van der Waals surface area contributed by atoms with Gasteiger partial charge in [-0.25, -0.2) is 9.59 Å². The van der Waals surface area contributed by atoms with Crippen molar-refractivity contribution in [2.75, 3.05) is 7.11 Å². The van der Waals surface area contributed by atoms with E-state index in [1.807, 2.05) is 13.8 Å². The van der Waals surface area contributed by atoms with Crippen molar-refractivity contribution < 1.29 is 24.2 Å². The minimum absolute atomic E-state index is 0.0675. The second-order valence-corrected chi connectivity index (χ2v) is 6.54. The fourth-order valence-electron chi connectivity index (χ4n) is 2.00. The van der Waals surface area contributed by atoms with Crippen molar-refractivity contribution in [1.82, 2.24) is 4.90 Å². The molecule has 1 N–H and O–H groups in total. The maximum absolute atomic E-state index is 12.3. The number of hydrogen-bond acceptors (Lipinski definition) is 4. The quantitative estimate of drug-likeness (QED) is 0.897. The van der Waals surface area contributed by atoms with Crippen LogP contribution in [0.2, 0.25) is 0 Å². The summed E-state index contributed by atoms with van der Waals surface area (Å²) in [5.74, 6) is -0.785. The van der Waals surface area contributed by atoms with Crippen LogP contribution in [0.1, 0.15) is 50.5 Å². The third kappa shape index (κ3) is 5.47. The first-order chi connectivity index (χ1) is 10.5. The summed E-state index contributed by atoms with van der Waals surface area (Å²) in [5, 5.41) is 9.24. The van der Waals surface area contributed by atoms with Crippen LogP contribution in [0.25, 0.3) is 0 Å². The van der Waals surface area contributed by atoms with Crippen molar-refractivity contribution in [3.05, 3.63) is 29.3 Å². The van der Waals surface area contributed by atoms with Gasteiger partial charge in [0.1, 0.15) is 16.9 Å². The molecule has 0 bridgehead atoms. The standard InChI is InChI=1S/C17H25NO5/c1-11(2)18(16(21)23-17(3,4)5)10-12-7-8-14(22-6)13(9-12)15(19)20/h7-9,11H,10H2,1-6H3,(H,19,20). The van der Waals surface area contributed by atoms with Crippen LogP contribution in [0.4, 0.5) is 4.79 Å². The number of carboxylic acids is 1. The zero-order valence-corrected chi connectivity index (χ0v) is 14.5. The molecule has 0 aliphatic carbocycles. The van der Waals surface area contributed by atoms with Crippen LogP contribution in [-0.4, -0.2) is 40.8 Å². The summed E-state index contributed by atoms with van der Waals surface area (Å²) in [7, 11) is 1.42. The Labute approximate surface area is 137 Å². The van der Waals surface area contributed by atoms with Crippen LogP contribution in [0.5, 0.6) is 5.75 Å². The first-order valence-electron chi connectivity index (χ1n) is 7.45. The fraction of sp³-hybridized carbons (Fsp3) is 0.529. The van der Waals surface area contributed by atoms with E-state index >= 15 is 0 Å². The molecular formula is C17H25NO5. The number of carboxylic acid groups (broad SMARTS) is 1. The summed E-state index contributed by atoms with van der Waals surface area (Å²) in [6.45, 7) is 9.44. The highest BCUT2D eigenvalue weighted by Crippen LogP contribution is 2.22. The lowest BCUT2D eigenvalue weighted by molar-refractivity contribution is 0.0172. The van der Waals surface area contributed by atoms with Gasteiger partial charge in [-0.2, -0.15) is 0 Å². The smallest absolute Gasteiger partial charge is 0.410 e. The lowest BCUT2D eigenvalue weighted by Crippen LogP contribution is -2.40. The van der Waals surface area contributed by atoms with Gasteiger partial charge < -0.3 is 19.5 Å². The third-order valence-corrected chi connectivity index (χ3v) is 3.10. The van der Waals surface area contributed by atoms with Crippen molar-refractivity contribution >= 4 is 12.1 Å². The zero-order chi connectivity index (χ0) is 17.8. The maximum Gasteiger partial charge on any atom is 0.410 e. The zero-order valence-electron chi connectivity index (χ0n) is 14.5. The topological polar surface area (TPSA) is 76.1 Å². The second kappa shape index (κ2) is 7.35. The number of carbonyl (C=O) groups is 2. The van der Waals surface area contributed by atoms with Crippen LogP contribution >= 0.6 is 0 Å². The molecule has 1 aromatic rings. The monoisotopic (exact) mass is 323 g/mol. The summed E-state index contributed by atoms with van der Waals surface area (Å²) < 4.78 is 10.4. The fourth-order valence-corrected chi connectivity index (χ4v) is 2.00. The van der Waals surface area contributed by atoms with Crippen LogP contribution in [0.15, 0.2) is 18.2 Å². The van der Waals surface area contributed by atoms with Gasteiger partial charge in [0.2, 0.25) is 0 Å². The molecule has 0 radical (unpaired) electrons. The highest BCUT2D eigenvalue weighted by Gasteiger charge is 2.24. The molecule has 0 saturated carbocycles. The Morgan fingerprint density at radius 3 is 2.30 bits per heavy atom. The lowest BCUT2D eigenvalue weighted by Gasteiger charge is -2.30. The van der Waals surface area contributed by atoms with Gasteiger partial charge in [0, 0.05) is 12.6 Å². The average molecular weight is 323 g/mol. The Hall–Kier alpha value is -2.24. The Morgan fingerprint density at radius 2 is 1.87 bits per heavy atom. The predicted molar refractivity (Wildman–Crippen MR) is 86.9 cm³/mol. The Balaban J connectivity index is 3.04. The molecule has 128 valence electrons. The number of amides is 1. The van der Waals surface area contributed by atoms with Gasteiger partial charge in [-0.3, -0.25) is 0 Å². The van der Waals surface area contributed by atoms with Gasteiger partial charge in [0.15, 0.2) is 0 Å². The van der Waals surface area contributed by atoms with E-state index < -0.39 is 17.7 Å². The molecule has 1 rings (SSSR count). The van der Waals surface area contributed by atoms with Crippen molar-refractivity contribution in [2.45, 2.75) is 52.8 Å². The highest BCUT2D eigenvalue weighted by atomic mass is 16.6. The number of hydrogen-bond donors (Lipinski definition) is 1. The van der Waals surface area contributed by atoms with E-state index in [0.717, 1.165) is 0 Å². The average Bonchev–Trinajstić information content (AvgIpc) is 2.42. The maximum atomic E-state index is 12.3. The molecule has 1 amide bonds. The van der Waals surface area contributed by atoms with Crippen molar-refractivity contribution in [1.29, 1.82) is 0 Å². The minimum Gasteiger partial charge on any atom is -0.496 e. The number of carbonyl (C=O) groups excluding carboxylic acids is 1. The Morgan fingerprint density at radius 1 is 1.26 bits per heavy atom. The number of methoxy groups -OCH3 is 1.